The molecular weight excluding hydrogens is 386 g/mol. The first kappa shape index (κ1) is 19.3. The summed E-state index contributed by atoms with van der Waals surface area (Å²) in [5.74, 6) is 1.74. The predicted octanol–water partition coefficient (Wildman–Crippen LogP) is 3.71. The zero-order valence-electron chi connectivity index (χ0n) is 16.4. The van der Waals surface area contributed by atoms with Crippen LogP contribution in [0.15, 0.2) is 36.0 Å². The number of carbonyl (C=O) groups excluding carboxylic acids is 1. The Kier molecular flexibility index (Phi) is 5.71. The third-order valence-corrected chi connectivity index (χ3v) is 5.61. The van der Waals surface area contributed by atoms with Crippen molar-refractivity contribution in [3.8, 4) is 5.75 Å². The summed E-state index contributed by atoms with van der Waals surface area (Å²) in [5, 5.41) is 8.76. The molecule has 0 aliphatic heterocycles. The van der Waals surface area contributed by atoms with Gasteiger partial charge >= 0.3 is 0 Å². The fraction of sp³-hybridized carbons (Fsp3) is 0.333. The molecule has 1 saturated carbocycles. The number of methoxy groups -OCH3 is 1. The Labute approximate surface area is 173 Å². The average Bonchev–Trinajstić information content (AvgIpc) is 3.51. The van der Waals surface area contributed by atoms with Crippen LogP contribution < -0.4 is 15.4 Å². The van der Waals surface area contributed by atoms with E-state index in [1.807, 2.05) is 24.5 Å². The van der Waals surface area contributed by atoms with Crippen molar-refractivity contribution in [2.24, 2.45) is 0 Å². The molecule has 1 aromatic carbocycles. The van der Waals surface area contributed by atoms with E-state index in [1.54, 1.807) is 31.6 Å². The highest BCUT2D eigenvalue weighted by atomic mass is 32.1. The van der Waals surface area contributed by atoms with Gasteiger partial charge in [-0.3, -0.25) is 4.79 Å². The van der Waals surface area contributed by atoms with E-state index in [-0.39, 0.29) is 5.91 Å². The van der Waals surface area contributed by atoms with Crippen LogP contribution in [0.25, 0.3) is 0 Å². The zero-order chi connectivity index (χ0) is 20.2. The number of benzene rings is 1. The predicted molar refractivity (Wildman–Crippen MR) is 113 cm³/mol. The Morgan fingerprint density at radius 2 is 1.93 bits per heavy atom. The molecule has 1 aliphatic carbocycles. The first-order chi connectivity index (χ1) is 14.1. The van der Waals surface area contributed by atoms with Crippen molar-refractivity contribution in [2.75, 3.05) is 19.5 Å². The number of amides is 1. The molecule has 0 unspecified atom stereocenters. The molecule has 4 rings (SSSR count). The minimum absolute atomic E-state index is 0.129. The van der Waals surface area contributed by atoms with E-state index >= 15 is 0 Å². The third-order valence-electron chi connectivity index (χ3n) is 4.84. The Morgan fingerprint density at radius 3 is 2.62 bits per heavy atom. The lowest BCUT2D eigenvalue weighted by atomic mass is 10.0. The molecule has 29 heavy (non-hydrogen) atoms. The second-order valence-electron chi connectivity index (χ2n) is 7.04. The summed E-state index contributed by atoms with van der Waals surface area (Å²) in [6.07, 6.45) is 7.66. The van der Waals surface area contributed by atoms with E-state index < -0.39 is 0 Å². The van der Waals surface area contributed by atoms with Gasteiger partial charge in [0.05, 0.1) is 12.8 Å². The van der Waals surface area contributed by atoms with Gasteiger partial charge in [-0.05, 0) is 55.0 Å². The van der Waals surface area contributed by atoms with E-state index in [1.165, 1.54) is 18.5 Å². The second-order valence-corrected chi connectivity index (χ2v) is 7.90. The van der Waals surface area contributed by atoms with Gasteiger partial charge in [0.2, 0.25) is 5.95 Å². The van der Waals surface area contributed by atoms with Crippen molar-refractivity contribution in [2.45, 2.75) is 31.6 Å². The second kappa shape index (κ2) is 8.57. The summed E-state index contributed by atoms with van der Waals surface area (Å²) in [4.78, 5) is 25.3. The van der Waals surface area contributed by atoms with Gasteiger partial charge in [-0.15, -0.1) is 11.3 Å². The van der Waals surface area contributed by atoms with E-state index in [2.05, 4.69) is 31.0 Å². The van der Waals surface area contributed by atoms with Crippen molar-refractivity contribution in [3.63, 3.8) is 0 Å². The summed E-state index contributed by atoms with van der Waals surface area (Å²) in [6.45, 7) is 0. The Balaban J connectivity index is 1.38. The van der Waals surface area contributed by atoms with Gasteiger partial charge in [0.15, 0.2) is 5.13 Å². The molecule has 1 fully saturated rings. The summed E-state index contributed by atoms with van der Waals surface area (Å²) >= 11 is 1.59. The van der Waals surface area contributed by atoms with E-state index in [0.717, 1.165) is 29.1 Å². The lowest BCUT2D eigenvalue weighted by molar-refractivity contribution is 0.0962. The van der Waals surface area contributed by atoms with Gasteiger partial charge < -0.3 is 15.4 Å². The van der Waals surface area contributed by atoms with Gasteiger partial charge in [0.25, 0.3) is 5.91 Å². The van der Waals surface area contributed by atoms with Crippen LogP contribution in [-0.2, 0) is 12.8 Å². The molecule has 3 aromatic rings. The molecule has 1 aliphatic rings. The van der Waals surface area contributed by atoms with Crippen molar-refractivity contribution >= 4 is 28.3 Å². The maximum absolute atomic E-state index is 11.9. The van der Waals surface area contributed by atoms with Crippen LogP contribution in [0.1, 0.15) is 45.9 Å². The van der Waals surface area contributed by atoms with Gasteiger partial charge in [-0.2, -0.15) is 0 Å². The molecule has 2 heterocycles. The molecule has 8 heteroatoms. The number of nitrogens with zero attached hydrogens (tertiary/aromatic N) is 3. The maximum Gasteiger partial charge on any atom is 0.251 e. The van der Waals surface area contributed by atoms with Crippen LogP contribution in [0.2, 0.25) is 0 Å². The van der Waals surface area contributed by atoms with Crippen LogP contribution >= 0.6 is 11.3 Å². The SMILES string of the molecule is CNC(=O)c1cc(CCc2cnc(Nc3nc(C4CC4)cs3)nc2)cc(OC)c1. The molecule has 2 aromatic heterocycles. The van der Waals surface area contributed by atoms with Crippen molar-refractivity contribution in [1.29, 1.82) is 0 Å². The molecule has 0 atom stereocenters. The number of hydrogen-bond acceptors (Lipinski definition) is 7. The number of nitrogens with one attached hydrogen (secondary N) is 2. The van der Waals surface area contributed by atoms with Crippen molar-refractivity contribution in [3.05, 3.63) is 58.4 Å². The molecule has 1 amide bonds. The highest BCUT2D eigenvalue weighted by Crippen LogP contribution is 2.41. The van der Waals surface area contributed by atoms with Crippen molar-refractivity contribution in [1.82, 2.24) is 20.3 Å². The van der Waals surface area contributed by atoms with E-state index in [0.29, 0.717) is 23.2 Å². The third kappa shape index (κ3) is 4.89. The highest BCUT2D eigenvalue weighted by Gasteiger charge is 2.26. The number of carbonyl (C=O) groups is 1. The Bertz CT molecular complexity index is 999. The van der Waals surface area contributed by atoms with Gasteiger partial charge in [0, 0.05) is 36.3 Å². The number of hydrogen-bond donors (Lipinski definition) is 2. The number of aryl methyl sites for hydroxylation is 2. The molecule has 150 valence electrons. The normalized spacial score (nSPS) is 13.2. The quantitative estimate of drug-likeness (QED) is 0.590. The largest absolute Gasteiger partial charge is 0.497 e. The maximum atomic E-state index is 11.9. The topological polar surface area (TPSA) is 89.0 Å². The first-order valence-corrected chi connectivity index (χ1v) is 10.5. The summed E-state index contributed by atoms with van der Waals surface area (Å²) in [6, 6.07) is 5.57. The summed E-state index contributed by atoms with van der Waals surface area (Å²) in [7, 11) is 3.22. The Hall–Kier alpha value is -3.00. The standard InChI is InChI=1S/C21H23N5O2S/c1-22-19(27)16-7-13(8-17(9-16)28-2)3-4-14-10-23-20(24-11-14)26-21-25-18(12-29-21)15-5-6-15/h7-12,15H,3-6H2,1-2H3,(H,22,27)(H,23,24,25,26). The fourth-order valence-electron chi connectivity index (χ4n) is 3.04. The lowest BCUT2D eigenvalue weighted by Gasteiger charge is -2.09. The van der Waals surface area contributed by atoms with Crippen LogP contribution in [0, 0.1) is 0 Å². The zero-order valence-corrected chi connectivity index (χ0v) is 17.3. The molecule has 0 radical (unpaired) electrons. The number of anilines is 2. The molecule has 2 N–H and O–H groups in total. The monoisotopic (exact) mass is 409 g/mol. The van der Waals surface area contributed by atoms with Crippen LogP contribution in [0.4, 0.5) is 11.1 Å². The molecule has 7 nitrogen and oxygen atoms in total. The molecule has 0 bridgehead atoms. The Morgan fingerprint density at radius 1 is 1.17 bits per heavy atom. The summed E-state index contributed by atoms with van der Waals surface area (Å²) < 4.78 is 5.32. The van der Waals surface area contributed by atoms with E-state index in [9.17, 15) is 4.79 Å². The minimum Gasteiger partial charge on any atom is -0.497 e. The molecule has 0 spiro atoms. The number of thiazole rings is 1. The number of rotatable bonds is 8. The van der Waals surface area contributed by atoms with Crippen LogP contribution in [0.5, 0.6) is 5.75 Å². The molecule has 0 saturated heterocycles. The highest BCUT2D eigenvalue weighted by molar-refractivity contribution is 7.13. The fourth-order valence-corrected chi connectivity index (χ4v) is 3.83. The van der Waals surface area contributed by atoms with Gasteiger partial charge in [0.1, 0.15) is 5.75 Å². The lowest BCUT2D eigenvalue weighted by Crippen LogP contribution is -2.18. The average molecular weight is 410 g/mol. The summed E-state index contributed by atoms with van der Waals surface area (Å²) in [5.41, 5.74) is 3.81. The number of ether oxygens (including phenoxy) is 1. The minimum atomic E-state index is -0.129. The number of aromatic nitrogens is 3. The smallest absolute Gasteiger partial charge is 0.251 e. The van der Waals surface area contributed by atoms with E-state index in [4.69, 9.17) is 4.74 Å². The van der Waals surface area contributed by atoms with Gasteiger partial charge in [-0.1, -0.05) is 0 Å². The first-order valence-electron chi connectivity index (χ1n) is 9.58. The van der Waals surface area contributed by atoms with Crippen LogP contribution in [0.3, 0.4) is 0 Å². The van der Waals surface area contributed by atoms with Crippen molar-refractivity contribution < 1.29 is 9.53 Å². The van der Waals surface area contributed by atoms with Crippen LogP contribution in [-0.4, -0.2) is 35.0 Å². The van der Waals surface area contributed by atoms with Gasteiger partial charge in [-0.25, -0.2) is 15.0 Å². The molecular formula is C21H23N5O2S.